The highest BCUT2D eigenvalue weighted by Crippen LogP contribution is 2.29. The van der Waals surface area contributed by atoms with Gasteiger partial charge in [-0.1, -0.05) is 31.0 Å². The van der Waals surface area contributed by atoms with Gasteiger partial charge < -0.3 is 20.2 Å². The Hall–Kier alpha value is -3.32. The van der Waals surface area contributed by atoms with Crippen molar-refractivity contribution < 1.29 is 14.7 Å². The van der Waals surface area contributed by atoms with Crippen molar-refractivity contribution in [2.45, 2.75) is 33.1 Å². The molecular weight excluding hydrogens is 452 g/mol. The Bertz CT molecular complexity index is 1220. The van der Waals surface area contributed by atoms with E-state index < -0.39 is 5.97 Å². The number of halogens is 1. The third-order valence-corrected chi connectivity index (χ3v) is 6.42. The number of carboxylic acids is 1. The van der Waals surface area contributed by atoms with Gasteiger partial charge in [-0.25, -0.2) is 9.78 Å². The lowest BCUT2D eigenvalue weighted by Gasteiger charge is -2.37. The third kappa shape index (κ3) is 5.25. The first-order valence-corrected chi connectivity index (χ1v) is 12.0. The number of hydrogen-bond acceptors (Lipinski definition) is 5. The molecule has 4 rings (SSSR count). The fraction of sp³-hybridized carbons (Fsp3) is 0.346. The zero-order valence-corrected chi connectivity index (χ0v) is 20.2. The van der Waals surface area contributed by atoms with Crippen LogP contribution in [0.15, 0.2) is 42.5 Å². The molecule has 0 bridgehead atoms. The maximum atomic E-state index is 12.1. The van der Waals surface area contributed by atoms with Gasteiger partial charge in [0, 0.05) is 54.4 Å². The molecule has 1 aromatic heterocycles. The molecule has 34 heavy (non-hydrogen) atoms. The van der Waals surface area contributed by atoms with E-state index in [0.29, 0.717) is 33.9 Å². The average Bonchev–Trinajstić information content (AvgIpc) is 2.83. The number of aromatic carboxylic acids is 1. The van der Waals surface area contributed by atoms with Gasteiger partial charge in [0.25, 0.3) is 0 Å². The van der Waals surface area contributed by atoms with Gasteiger partial charge in [0.2, 0.25) is 5.91 Å². The summed E-state index contributed by atoms with van der Waals surface area (Å²) in [6.45, 7) is 7.11. The molecular formula is C26H29ClN4O3. The van der Waals surface area contributed by atoms with E-state index in [1.165, 1.54) is 5.56 Å². The van der Waals surface area contributed by atoms with Crippen LogP contribution in [-0.4, -0.2) is 48.1 Å². The molecule has 0 atom stereocenters. The maximum absolute atomic E-state index is 12.1. The fourth-order valence-corrected chi connectivity index (χ4v) is 4.46. The van der Waals surface area contributed by atoms with E-state index in [1.54, 1.807) is 24.3 Å². The molecule has 0 unspecified atom stereocenters. The Morgan fingerprint density at radius 1 is 1.06 bits per heavy atom. The number of nitrogens with zero attached hydrogens (tertiary/aromatic N) is 3. The van der Waals surface area contributed by atoms with Crippen molar-refractivity contribution in [3.63, 3.8) is 0 Å². The minimum Gasteiger partial charge on any atom is -0.478 e. The van der Waals surface area contributed by atoms with Crippen LogP contribution < -0.4 is 15.1 Å². The summed E-state index contributed by atoms with van der Waals surface area (Å²) in [4.78, 5) is 33.3. The molecule has 1 fully saturated rings. The lowest BCUT2D eigenvalue weighted by atomic mass is 10.1. The van der Waals surface area contributed by atoms with Crippen LogP contribution in [0.5, 0.6) is 0 Å². The number of pyridine rings is 1. The smallest absolute Gasteiger partial charge is 0.336 e. The van der Waals surface area contributed by atoms with Crippen LogP contribution in [0.3, 0.4) is 0 Å². The number of carboxylic acid groups (broad SMARTS) is 1. The Morgan fingerprint density at radius 2 is 1.79 bits per heavy atom. The number of amides is 1. The Kier molecular flexibility index (Phi) is 7.22. The van der Waals surface area contributed by atoms with E-state index in [2.05, 4.69) is 22.0 Å². The minimum absolute atomic E-state index is 0.0736. The highest BCUT2D eigenvalue weighted by Gasteiger charge is 2.22. The number of piperazine rings is 1. The largest absolute Gasteiger partial charge is 0.478 e. The molecule has 8 heteroatoms. The first-order chi connectivity index (χ1) is 16.4. The number of nitrogens with one attached hydrogen (secondary N) is 1. The predicted molar refractivity (Wildman–Crippen MR) is 137 cm³/mol. The summed E-state index contributed by atoms with van der Waals surface area (Å²) in [5, 5.41) is 14.0. The summed E-state index contributed by atoms with van der Waals surface area (Å²) >= 11 is 6.20. The molecule has 2 aromatic carbocycles. The van der Waals surface area contributed by atoms with E-state index in [0.717, 1.165) is 44.7 Å². The molecule has 178 valence electrons. The second-order valence-corrected chi connectivity index (χ2v) is 9.06. The highest BCUT2D eigenvalue weighted by atomic mass is 35.5. The lowest BCUT2D eigenvalue weighted by molar-refractivity contribution is -0.116. The molecule has 2 heterocycles. The molecule has 1 amide bonds. The standard InChI is InChI=1S/C26H29ClN4O3/c1-3-4-5-25(32)28-19-8-9-22-20(15-19)21(26(33)34)16-24(29-22)31-12-10-30(11-13-31)23-14-18(27)7-6-17(23)2/h6-9,14-16H,3-5,10-13H2,1-2H3,(H,28,32)(H,33,34). The van der Waals surface area contributed by atoms with Crippen LogP contribution in [0.2, 0.25) is 5.02 Å². The number of carbonyl (C=O) groups is 2. The van der Waals surface area contributed by atoms with Gasteiger partial charge in [-0.15, -0.1) is 0 Å². The topological polar surface area (TPSA) is 85.8 Å². The number of benzene rings is 2. The van der Waals surface area contributed by atoms with Crippen molar-refractivity contribution in [2.24, 2.45) is 0 Å². The zero-order chi connectivity index (χ0) is 24.2. The van der Waals surface area contributed by atoms with Crippen LogP contribution in [0.1, 0.15) is 42.1 Å². The average molecular weight is 481 g/mol. The van der Waals surface area contributed by atoms with Gasteiger partial charge in [-0.05, 0) is 55.3 Å². The Morgan fingerprint density at radius 3 is 2.50 bits per heavy atom. The van der Waals surface area contributed by atoms with Crippen LogP contribution in [-0.2, 0) is 4.79 Å². The van der Waals surface area contributed by atoms with Crippen LogP contribution >= 0.6 is 11.6 Å². The molecule has 0 saturated carbocycles. The summed E-state index contributed by atoms with van der Waals surface area (Å²) in [5.41, 5.74) is 3.65. The van der Waals surface area contributed by atoms with Crippen LogP contribution in [0.4, 0.5) is 17.2 Å². The highest BCUT2D eigenvalue weighted by molar-refractivity contribution is 6.30. The summed E-state index contributed by atoms with van der Waals surface area (Å²) in [7, 11) is 0. The lowest BCUT2D eigenvalue weighted by Crippen LogP contribution is -2.47. The molecule has 1 aliphatic rings. The van der Waals surface area contributed by atoms with Crippen LogP contribution in [0, 0.1) is 6.92 Å². The minimum atomic E-state index is -1.02. The maximum Gasteiger partial charge on any atom is 0.336 e. The molecule has 0 aliphatic carbocycles. The third-order valence-electron chi connectivity index (χ3n) is 6.18. The monoisotopic (exact) mass is 480 g/mol. The molecule has 7 nitrogen and oxygen atoms in total. The second-order valence-electron chi connectivity index (χ2n) is 8.62. The van der Waals surface area contributed by atoms with E-state index in [4.69, 9.17) is 16.6 Å². The molecule has 0 radical (unpaired) electrons. The van der Waals surface area contributed by atoms with E-state index in [1.807, 2.05) is 25.1 Å². The van der Waals surface area contributed by atoms with Crippen molar-refractivity contribution in [1.29, 1.82) is 0 Å². The van der Waals surface area contributed by atoms with Crippen molar-refractivity contribution in [2.75, 3.05) is 41.3 Å². The van der Waals surface area contributed by atoms with E-state index in [9.17, 15) is 14.7 Å². The van der Waals surface area contributed by atoms with E-state index >= 15 is 0 Å². The van der Waals surface area contributed by atoms with Crippen molar-refractivity contribution in [3.8, 4) is 0 Å². The Labute approximate surface area is 204 Å². The number of anilines is 3. The number of carbonyl (C=O) groups excluding carboxylic acids is 1. The quantitative estimate of drug-likeness (QED) is 0.474. The number of hydrogen-bond donors (Lipinski definition) is 2. The first kappa shape index (κ1) is 23.8. The normalized spacial score (nSPS) is 13.9. The van der Waals surface area contributed by atoms with Gasteiger partial charge in [0.15, 0.2) is 0 Å². The van der Waals surface area contributed by atoms with Gasteiger partial charge in [-0.3, -0.25) is 4.79 Å². The summed E-state index contributed by atoms with van der Waals surface area (Å²) in [6.07, 6.45) is 2.20. The van der Waals surface area contributed by atoms with Crippen LogP contribution in [0.25, 0.3) is 10.9 Å². The summed E-state index contributed by atoms with van der Waals surface area (Å²) < 4.78 is 0. The van der Waals surface area contributed by atoms with Crippen molar-refractivity contribution >= 4 is 51.6 Å². The molecule has 3 aromatic rings. The second kappa shape index (κ2) is 10.3. The number of aromatic nitrogens is 1. The van der Waals surface area contributed by atoms with Gasteiger partial charge in [0.1, 0.15) is 5.82 Å². The zero-order valence-electron chi connectivity index (χ0n) is 19.5. The molecule has 1 aliphatic heterocycles. The number of aryl methyl sites for hydroxylation is 1. The predicted octanol–water partition coefficient (Wildman–Crippen LogP) is 5.35. The number of rotatable bonds is 7. The molecule has 1 saturated heterocycles. The SMILES string of the molecule is CCCCC(=O)Nc1ccc2nc(N3CCN(c4cc(Cl)ccc4C)CC3)cc(C(=O)O)c2c1. The van der Waals surface area contributed by atoms with Gasteiger partial charge in [0.05, 0.1) is 11.1 Å². The fourth-order valence-electron chi connectivity index (χ4n) is 4.29. The van der Waals surface area contributed by atoms with Gasteiger partial charge in [-0.2, -0.15) is 0 Å². The van der Waals surface area contributed by atoms with Crippen molar-refractivity contribution in [1.82, 2.24) is 4.98 Å². The molecule has 0 spiro atoms. The summed E-state index contributed by atoms with van der Waals surface area (Å²) in [5.74, 6) is -0.445. The Balaban J connectivity index is 1.55. The number of fused-ring (bicyclic) bond motifs is 1. The van der Waals surface area contributed by atoms with E-state index in [-0.39, 0.29) is 11.5 Å². The molecule has 2 N–H and O–H groups in total. The number of unbranched alkanes of at least 4 members (excludes halogenated alkanes) is 1. The van der Waals surface area contributed by atoms with Crippen molar-refractivity contribution in [3.05, 3.63) is 58.6 Å². The van der Waals surface area contributed by atoms with Gasteiger partial charge >= 0.3 is 5.97 Å². The summed E-state index contributed by atoms with van der Waals surface area (Å²) in [6, 6.07) is 12.8. The first-order valence-electron chi connectivity index (χ1n) is 11.6.